The van der Waals surface area contributed by atoms with E-state index in [4.69, 9.17) is 4.98 Å². The topological polar surface area (TPSA) is 17.8 Å². The Balaban J connectivity index is 1.60. The SMILES string of the molecule is C/C=C(/c1cn(C(c2ccccc2)(c2ccccc2)c2ccccc2)cn1)c1cccc2ccccc12. The first-order chi connectivity index (χ1) is 18.3. The molecule has 0 unspecified atom stereocenters. The number of allylic oxidation sites excluding steroid dienone is 1. The van der Waals surface area contributed by atoms with Crippen LogP contribution in [0, 0.1) is 0 Å². The lowest BCUT2D eigenvalue weighted by Crippen LogP contribution is -2.36. The van der Waals surface area contributed by atoms with E-state index in [9.17, 15) is 0 Å². The van der Waals surface area contributed by atoms with Gasteiger partial charge in [0.1, 0.15) is 5.54 Å². The van der Waals surface area contributed by atoms with Crippen molar-refractivity contribution in [3.63, 3.8) is 0 Å². The average molecular weight is 477 g/mol. The van der Waals surface area contributed by atoms with Crippen molar-refractivity contribution in [1.82, 2.24) is 9.55 Å². The van der Waals surface area contributed by atoms with E-state index < -0.39 is 5.54 Å². The van der Waals surface area contributed by atoms with E-state index >= 15 is 0 Å². The van der Waals surface area contributed by atoms with Crippen LogP contribution in [0.1, 0.15) is 34.9 Å². The summed E-state index contributed by atoms with van der Waals surface area (Å²) < 4.78 is 2.27. The van der Waals surface area contributed by atoms with Crippen LogP contribution in [-0.2, 0) is 5.54 Å². The third-order valence-electron chi connectivity index (χ3n) is 7.19. The van der Waals surface area contributed by atoms with Gasteiger partial charge in [-0.2, -0.15) is 0 Å². The molecule has 0 bridgehead atoms. The summed E-state index contributed by atoms with van der Waals surface area (Å²) >= 11 is 0. The molecule has 0 radical (unpaired) electrons. The monoisotopic (exact) mass is 476 g/mol. The molecular formula is C35H28N2. The second kappa shape index (κ2) is 9.75. The molecule has 2 heteroatoms. The van der Waals surface area contributed by atoms with Crippen molar-refractivity contribution in [2.75, 3.05) is 0 Å². The fraction of sp³-hybridized carbons (Fsp3) is 0.0571. The molecule has 0 aliphatic carbocycles. The van der Waals surface area contributed by atoms with Crippen LogP contribution in [-0.4, -0.2) is 9.55 Å². The lowest BCUT2D eigenvalue weighted by Gasteiger charge is -2.37. The molecule has 2 nitrogen and oxygen atoms in total. The summed E-state index contributed by atoms with van der Waals surface area (Å²) in [6, 6.07) is 47.2. The molecule has 0 fully saturated rings. The van der Waals surface area contributed by atoms with Gasteiger partial charge in [0.15, 0.2) is 0 Å². The molecule has 0 saturated carbocycles. The molecule has 0 atom stereocenters. The minimum absolute atomic E-state index is 0.577. The van der Waals surface area contributed by atoms with Crippen molar-refractivity contribution >= 4 is 16.3 Å². The standard InChI is InChI=1S/C35H28N2/c1-2-31(33-24-14-16-27-15-12-13-23-32(27)33)34-25-37(26-36-34)35(28-17-6-3-7-18-28,29-19-8-4-9-20-29)30-21-10-5-11-22-30/h2-26H,1H3/b31-2+. The maximum atomic E-state index is 5.01. The molecule has 5 aromatic carbocycles. The molecule has 0 aliphatic heterocycles. The first-order valence-corrected chi connectivity index (χ1v) is 12.7. The van der Waals surface area contributed by atoms with Crippen LogP contribution in [0.15, 0.2) is 152 Å². The van der Waals surface area contributed by atoms with Crippen LogP contribution in [0.4, 0.5) is 0 Å². The molecule has 37 heavy (non-hydrogen) atoms. The van der Waals surface area contributed by atoms with E-state index in [1.54, 1.807) is 0 Å². The number of fused-ring (bicyclic) bond motifs is 1. The predicted molar refractivity (Wildman–Crippen MR) is 154 cm³/mol. The van der Waals surface area contributed by atoms with Crippen molar-refractivity contribution in [3.05, 3.63) is 180 Å². The Bertz CT molecular complexity index is 1560. The zero-order valence-corrected chi connectivity index (χ0v) is 20.8. The van der Waals surface area contributed by atoms with E-state index in [-0.39, 0.29) is 0 Å². The maximum absolute atomic E-state index is 5.01. The molecule has 1 heterocycles. The van der Waals surface area contributed by atoms with Crippen LogP contribution in [0.25, 0.3) is 16.3 Å². The van der Waals surface area contributed by atoms with Gasteiger partial charge in [-0.25, -0.2) is 4.98 Å². The average Bonchev–Trinajstić information content (AvgIpc) is 3.46. The van der Waals surface area contributed by atoms with Gasteiger partial charge in [0.25, 0.3) is 0 Å². The van der Waals surface area contributed by atoms with Crippen molar-refractivity contribution in [3.8, 4) is 0 Å². The van der Waals surface area contributed by atoms with Crippen molar-refractivity contribution in [2.45, 2.75) is 12.5 Å². The second-order valence-corrected chi connectivity index (χ2v) is 9.20. The summed E-state index contributed by atoms with van der Waals surface area (Å²) in [5.74, 6) is 0. The normalized spacial score (nSPS) is 12.1. The number of hydrogen-bond acceptors (Lipinski definition) is 1. The fourth-order valence-electron chi connectivity index (χ4n) is 5.53. The van der Waals surface area contributed by atoms with Crippen LogP contribution in [0.3, 0.4) is 0 Å². The highest BCUT2D eigenvalue weighted by Gasteiger charge is 2.38. The van der Waals surface area contributed by atoms with E-state index in [0.717, 1.165) is 11.3 Å². The third-order valence-corrected chi connectivity index (χ3v) is 7.19. The Kier molecular flexibility index (Phi) is 6.00. The molecule has 6 aromatic rings. The van der Waals surface area contributed by atoms with Crippen LogP contribution in [0.5, 0.6) is 0 Å². The zero-order chi connectivity index (χ0) is 25.1. The predicted octanol–water partition coefficient (Wildman–Crippen LogP) is 8.33. The van der Waals surface area contributed by atoms with Gasteiger partial charge in [0.05, 0.1) is 12.0 Å². The van der Waals surface area contributed by atoms with E-state index in [2.05, 4.69) is 157 Å². The molecule has 0 aliphatic rings. The Hall–Kier alpha value is -4.69. The quantitative estimate of drug-likeness (QED) is 0.221. The van der Waals surface area contributed by atoms with Crippen LogP contribution < -0.4 is 0 Å². The van der Waals surface area contributed by atoms with E-state index in [1.807, 2.05) is 6.33 Å². The lowest BCUT2D eigenvalue weighted by atomic mass is 9.76. The molecule has 1 aromatic heterocycles. The van der Waals surface area contributed by atoms with Crippen LogP contribution >= 0.6 is 0 Å². The summed E-state index contributed by atoms with van der Waals surface area (Å²) in [6.07, 6.45) is 6.35. The minimum atomic E-state index is -0.577. The maximum Gasteiger partial charge on any atom is 0.121 e. The number of nitrogens with zero attached hydrogens (tertiary/aromatic N) is 2. The smallest absolute Gasteiger partial charge is 0.121 e. The Labute approximate surface area is 218 Å². The van der Waals surface area contributed by atoms with Gasteiger partial charge in [-0.1, -0.05) is 140 Å². The Morgan fingerprint density at radius 3 is 1.70 bits per heavy atom. The number of hydrogen-bond donors (Lipinski definition) is 0. The third kappa shape index (κ3) is 3.88. The number of aromatic nitrogens is 2. The molecular weight excluding hydrogens is 448 g/mol. The summed E-state index contributed by atoms with van der Waals surface area (Å²) in [6.45, 7) is 2.09. The minimum Gasteiger partial charge on any atom is -0.318 e. The Morgan fingerprint density at radius 1 is 0.622 bits per heavy atom. The second-order valence-electron chi connectivity index (χ2n) is 9.20. The summed E-state index contributed by atoms with van der Waals surface area (Å²) in [5, 5.41) is 2.46. The number of imidazole rings is 1. The van der Waals surface area contributed by atoms with Gasteiger partial charge < -0.3 is 4.57 Å². The fourth-order valence-corrected chi connectivity index (χ4v) is 5.53. The first-order valence-electron chi connectivity index (χ1n) is 12.7. The summed E-state index contributed by atoms with van der Waals surface area (Å²) in [5.41, 5.74) is 6.24. The molecule has 0 N–H and O–H groups in total. The summed E-state index contributed by atoms with van der Waals surface area (Å²) in [4.78, 5) is 5.01. The highest BCUT2D eigenvalue weighted by atomic mass is 15.1. The zero-order valence-electron chi connectivity index (χ0n) is 20.8. The van der Waals surface area contributed by atoms with Gasteiger partial charge in [-0.05, 0) is 39.9 Å². The molecule has 0 spiro atoms. The van der Waals surface area contributed by atoms with E-state index in [1.165, 1.54) is 33.0 Å². The molecule has 0 amide bonds. The first kappa shape index (κ1) is 22.8. The van der Waals surface area contributed by atoms with Gasteiger partial charge in [0, 0.05) is 11.8 Å². The van der Waals surface area contributed by atoms with Gasteiger partial charge >= 0.3 is 0 Å². The lowest BCUT2D eigenvalue weighted by molar-refractivity contribution is 0.514. The van der Waals surface area contributed by atoms with E-state index in [0.29, 0.717) is 0 Å². The van der Waals surface area contributed by atoms with Crippen LogP contribution in [0.2, 0.25) is 0 Å². The number of rotatable bonds is 6. The highest BCUT2D eigenvalue weighted by Crippen LogP contribution is 2.41. The molecule has 0 saturated heterocycles. The Morgan fingerprint density at radius 2 is 1.14 bits per heavy atom. The van der Waals surface area contributed by atoms with Crippen molar-refractivity contribution in [2.24, 2.45) is 0 Å². The van der Waals surface area contributed by atoms with Crippen molar-refractivity contribution < 1.29 is 0 Å². The highest BCUT2D eigenvalue weighted by molar-refractivity contribution is 5.97. The number of benzene rings is 5. The van der Waals surface area contributed by atoms with Crippen molar-refractivity contribution in [1.29, 1.82) is 0 Å². The molecule has 178 valence electrons. The van der Waals surface area contributed by atoms with Gasteiger partial charge in [0.2, 0.25) is 0 Å². The van der Waals surface area contributed by atoms with Gasteiger partial charge in [-0.3, -0.25) is 0 Å². The summed E-state index contributed by atoms with van der Waals surface area (Å²) in [7, 11) is 0. The molecule has 6 rings (SSSR count). The van der Waals surface area contributed by atoms with Gasteiger partial charge in [-0.15, -0.1) is 0 Å². The largest absolute Gasteiger partial charge is 0.318 e.